The fraction of sp³-hybridized carbons (Fsp3) is 0.286. The fourth-order valence-electron chi connectivity index (χ4n) is 2.62. The molecule has 0 amide bonds. The first-order chi connectivity index (χ1) is 10.9. The van der Waals surface area contributed by atoms with E-state index < -0.39 is 10.0 Å². The molecule has 7 nitrogen and oxygen atoms in total. The lowest BCUT2D eigenvalue weighted by atomic mass is 10.1. The second-order valence-electron chi connectivity index (χ2n) is 5.28. The smallest absolute Gasteiger partial charge is 0.243 e. The third kappa shape index (κ3) is 3.41. The van der Waals surface area contributed by atoms with Crippen LogP contribution >= 0.6 is 24.0 Å². The van der Waals surface area contributed by atoms with Gasteiger partial charge in [0.1, 0.15) is 0 Å². The first-order valence-corrected chi connectivity index (χ1v) is 8.89. The molecule has 1 aromatic carbocycles. The predicted octanol–water partition coefficient (Wildman–Crippen LogP) is 2.00. The van der Waals surface area contributed by atoms with Gasteiger partial charge in [-0.05, 0) is 25.0 Å². The maximum atomic E-state index is 12.7. The molecular weight excluding hydrogens is 373 g/mol. The highest BCUT2D eigenvalue weighted by atomic mass is 35.5. The number of fused-ring (bicyclic) bond motifs is 1. The first-order valence-electron chi connectivity index (χ1n) is 7.07. The van der Waals surface area contributed by atoms with E-state index in [1.165, 1.54) is 16.6 Å². The third-order valence-electron chi connectivity index (χ3n) is 3.73. The molecule has 2 aromatic rings. The number of hydrogen-bond donors (Lipinski definition) is 2. The normalized spacial score (nSPS) is 15.2. The van der Waals surface area contributed by atoms with Gasteiger partial charge in [-0.1, -0.05) is 17.7 Å². The van der Waals surface area contributed by atoms with Crippen LogP contribution in [0.15, 0.2) is 34.3 Å². The molecule has 0 radical (unpaired) electrons. The van der Waals surface area contributed by atoms with Crippen LogP contribution in [0, 0.1) is 0 Å². The molecular formula is C14H17Cl2N5O2S. The number of nitrogens with zero attached hydrogens (tertiary/aromatic N) is 3. The maximum Gasteiger partial charge on any atom is 0.243 e. The fourth-order valence-corrected chi connectivity index (χ4v) is 4.38. The number of sulfonamides is 1. The van der Waals surface area contributed by atoms with Gasteiger partial charge in [-0.15, -0.1) is 12.4 Å². The Morgan fingerprint density at radius 3 is 2.50 bits per heavy atom. The van der Waals surface area contributed by atoms with E-state index in [0.717, 1.165) is 12.8 Å². The van der Waals surface area contributed by atoms with Crippen LogP contribution in [0.5, 0.6) is 0 Å². The van der Waals surface area contributed by atoms with Gasteiger partial charge in [-0.3, -0.25) is 0 Å². The molecule has 2 heterocycles. The number of halogens is 2. The van der Waals surface area contributed by atoms with Crippen LogP contribution < -0.4 is 11.5 Å². The zero-order valence-electron chi connectivity index (χ0n) is 12.6. The molecule has 3 rings (SSSR count). The number of hydrogen-bond acceptors (Lipinski definition) is 4. The van der Waals surface area contributed by atoms with Crippen LogP contribution in [0.3, 0.4) is 0 Å². The van der Waals surface area contributed by atoms with Crippen molar-refractivity contribution in [3.8, 4) is 0 Å². The number of guanidine groups is 1. The summed E-state index contributed by atoms with van der Waals surface area (Å²) in [5.41, 5.74) is 10.8. The average molecular weight is 390 g/mol. The van der Waals surface area contributed by atoms with Crippen LogP contribution in [0.1, 0.15) is 12.8 Å². The Hall–Kier alpha value is -1.61. The summed E-state index contributed by atoms with van der Waals surface area (Å²) in [7, 11) is -3.54. The van der Waals surface area contributed by atoms with E-state index in [1.807, 2.05) is 0 Å². The van der Waals surface area contributed by atoms with E-state index in [-0.39, 0.29) is 29.1 Å². The molecule has 1 aromatic heterocycles. The molecule has 0 spiro atoms. The van der Waals surface area contributed by atoms with E-state index in [2.05, 4.69) is 9.98 Å². The van der Waals surface area contributed by atoms with Gasteiger partial charge in [0.15, 0.2) is 11.8 Å². The minimum absolute atomic E-state index is 0. The molecule has 1 fully saturated rings. The van der Waals surface area contributed by atoms with E-state index in [0.29, 0.717) is 28.9 Å². The summed E-state index contributed by atoms with van der Waals surface area (Å²) in [6.45, 7) is 1.07. The molecule has 0 bridgehead atoms. The molecule has 1 saturated heterocycles. The minimum atomic E-state index is -3.54. The zero-order valence-corrected chi connectivity index (χ0v) is 15.0. The number of rotatable bonds is 3. The van der Waals surface area contributed by atoms with Crippen LogP contribution in [0.2, 0.25) is 5.02 Å². The van der Waals surface area contributed by atoms with E-state index in [4.69, 9.17) is 23.1 Å². The Kier molecular flexibility index (Phi) is 5.54. The molecule has 24 heavy (non-hydrogen) atoms. The lowest BCUT2D eigenvalue weighted by Gasteiger charge is -2.16. The summed E-state index contributed by atoms with van der Waals surface area (Å²) < 4.78 is 26.8. The summed E-state index contributed by atoms with van der Waals surface area (Å²) in [6, 6.07) is 4.71. The summed E-state index contributed by atoms with van der Waals surface area (Å²) in [6.07, 6.45) is 3.18. The van der Waals surface area contributed by atoms with E-state index in [9.17, 15) is 8.42 Å². The monoisotopic (exact) mass is 389 g/mol. The summed E-state index contributed by atoms with van der Waals surface area (Å²) in [5.74, 6) is 0.0804. The Bertz CT molecular complexity index is 891. The van der Waals surface area contributed by atoms with Crippen LogP contribution in [0.4, 0.5) is 5.82 Å². The van der Waals surface area contributed by atoms with Gasteiger partial charge >= 0.3 is 0 Å². The number of nitrogens with two attached hydrogens (primary N) is 2. The van der Waals surface area contributed by atoms with Gasteiger partial charge < -0.3 is 11.5 Å². The molecule has 0 unspecified atom stereocenters. The van der Waals surface area contributed by atoms with Crippen molar-refractivity contribution in [2.75, 3.05) is 13.1 Å². The Morgan fingerprint density at radius 2 is 1.88 bits per heavy atom. The van der Waals surface area contributed by atoms with Crippen molar-refractivity contribution in [3.63, 3.8) is 0 Å². The summed E-state index contributed by atoms with van der Waals surface area (Å²) in [4.78, 5) is 8.21. The molecule has 1 aliphatic heterocycles. The number of aromatic nitrogens is 1. The third-order valence-corrected chi connectivity index (χ3v) is 5.92. The summed E-state index contributed by atoms with van der Waals surface area (Å²) >= 11 is 6.13. The molecule has 1 aliphatic rings. The van der Waals surface area contributed by atoms with Crippen molar-refractivity contribution in [2.45, 2.75) is 17.7 Å². The van der Waals surface area contributed by atoms with Gasteiger partial charge in [0.25, 0.3) is 0 Å². The lowest BCUT2D eigenvalue weighted by molar-refractivity contribution is 0.477. The Balaban J connectivity index is 0.00000208. The Labute approximate surface area is 151 Å². The van der Waals surface area contributed by atoms with Crippen LogP contribution in [-0.2, 0) is 10.0 Å². The largest absolute Gasteiger partial charge is 0.370 e. The van der Waals surface area contributed by atoms with Crippen LogP contribution in [-0.4, -0.2) is 36.8 Å². The van der Waals surface area contributed by atoms with Crippen molar-refractivity contribution < 1.29 is 8.42 Å². The Morgan fingerprint density at radius 1 is 1.21 bits per heavy atom. The maximum absolute atomic E-state index is 12.7. The van der Waals surface area contributed by atoms with Gasteiger partial charge in [0.05, 0.1) is 9.92 Å². The lowest BCUT2D eigenvalue weighted by Crippen LogP contribution is -2.27. The number of benzene rings is 1. The number of pyridine rings is 1. The van der Waals surface area contributed by atoms with E-state index >= 15 is 0 Å². The van der Waals surface area contributed by atoms with Gasteiger partial charge in [0.2, 0.25) is 10.0 Å². The van der Waals surface area contributed by atoms with Crippen LogP contribution in [0.25, 0.3) is 10.8 Å². The highest BCUT2D eigenvalue weighted by Gasteiger charge is 2.27. The van der Waals surface area contributed by atoms with Crippen molar-refractivity contribution in [1.82, 2.24) is 9.29 Å². The standard InChI is InChI=1S/C14H16ClN5O2S.ClH/c15-12-8-18-13(19-14(16)17)11-7-9(3-4-10(11)12)23(21,22)20-5-1-2-6-20;/h3-4,7-8H,1-2,5-6H2,(H4,16,17,18,19);1H. The van der Waals surface area contributed by atoms with Crippen molar-refractivity contribution >= 4 is 56.6 Å². The van der Waals surface area contributed by atoms with Gasteiger partial charge in [-0.2, -0.15) is 9.30 Å². The molecule has 0 atom stereocenters. The highest BCUT2D eigenvalue weighted by Crippen LogP contribution is 2.32. The SMILES string of the molecule is Cl.NC(N)=Nc1ncc(Cl)c2ccc(S(=O)(=O)N3CCCC3)cc12. The quantitative estimate of drug-likeness (QED) is 0.615. The molecule has 0 saturated carbocycles. The van der Waals surface area contributed by atoms with Crippen molar-refractivity contribution in [3.05, 3.63) is 29.4 Å². The van der Waals surface area contributed by atoms with Gasteiger partial charge in [0, 0.05) is 30.1 Å². The second-order valence-corrected chi connectivity index (χ2v) is 7.63. The first kappa shape index (κ1) is 18.7. The van der Waals surface area contributed by atoms with E-state index in [1.54, 1.807) is 12.1 Å². The van der Waals surface area contributed by atoms with Crippen molar-refractivity contribution in [1.29, 1.82) is 0 Å². The number of aliphatic imine (C=N–C) groups is 1. The minimum Gasteiger partial charge on any atom is -0.370 e. The van der Waals surface area contributed by atoms with Gasteiger partial charge in [-0.25, -0.2) is 13.4 Å². The van der Waals surface area contributed by atoms with Crippen molar-refractivity contribution in [2.24, 2.45) is 16.5 Å². The second kappa shape index (κ2) is 7.10. The predicted molar refractivity (Wildman–Crippen MR) is 97.5 cm³/mol. The molecule has 10 heteroatoms. The molecule has 4 N–H and O–H groups in total. The summed E-state index contributed by atoms with van der Waals surface area (Å²) in [5, 5.41) is 1.54. The topological polar surface area (TPSA) is 115 Å². The zero-order chi connectivity index (χ0) is 16.6. The highest BCUT2D eigenvalue weighted by molar-refractivity contribution is 7.89. The average Bonchev–Trinajstić information content (AvgIpc) is 3.04. The molecule has 0 aliphatic carbocycles. The molecule has 130 valence electrons.